The summed E-state index contributed by atoms with van der Waals surface area (Å²) < 4.78 is 7.45. The number of hydrogen-bond acceptors (Lipinski definition) is 12. The van der Waals surface area contributed by atoms with Crippen molar-refractivity contribution in [3.8, 4) is 33.8 Å². The first-order valence-corrected chi connectivity index (χ1v) is 24.1. The predicted molar refractivity (Wildman–Crippen MR) is 269 cm³/mol. The zero-order chi connectivity index (χ0) is 46.7. The molecule has 0 spiro atoms. The van der Waals surface area contributed by atoms with Gasteiger partial charge in [0.05, 0.1) is 48.5 Å². The van der Waals surface area contributed by atoms with Crippen molar-refractivity contribution < 1.29 is 19.7 Å². The van der Waals surface area contributed by atoms with E-state index < -0.39 is 12.2 Å². The number of carbonyl (C=O) groups excluding carboxylic acids is 1. The first-order chi connectivity index (χ1) is 33.9. The normalized spacial score (nSPS) is 16.3. The van der Waals surface area contributed by atoms with Gasteiger partial charge in [0, 0.05) is 106 Å². The Morgan fingerprint density at radius 2 is 1.41 bits per heavy atom. The van der Waals surface area contributed by atoms with Crippen molar-refractivity contribution in [3.05, 3.63) is 144 Å². The minimum Gasteiger partial charge on any atom is -0.390 e. The number of amides is 1. The van der Waals surface area contributed by atoms with Gasteiger partial charge in [-0.05, 0) is 83.1 Å². The third-order valence-corrected chi connectivity index (χ3v) is 13.7. The number of H-pyrrole nitrogens is 1. The summed E-state index contributed by atoms with van der Waals surface area (Å²) in [5.41, 5.74) is 12.7. The van der Waals surface area contributed by atoms with Crippen LogP contribution in [0.2, 0.25) is 0 Å². The molecule has 15 heteroatoms. The number of anilines is 2. The molecule has 4 aromatic carbocycles. The highest BCUT2D eigenvalue weighted by Crippen LogP contribution is 2.37. The molecule has 3 aliphatic heterocycles. The number of aromatic amines is 1. The van der Waals surface area contributed by atoms with Gasteiger partial charge in [0.15, 0.2) is 5.82 Å². The number of aliphatic hydroxyl groups excluding tert-OH is 2. The molecule has 0 bridgehead atoms. The van der Waals surface area contributed by atoms with Gasteiger partial charge in [-0.15, -0.1) is 0 Å². The molecule has 2 unspecified atom stereocenters. The number of carbonyl (C=O) groups is 1. The third kappa shape index (κ3) is 9.96. The number of morpholine rings is 1. The van der Waals surface area contributed by atoms with Gasteiger partial charge in [-0.25, -0.2) is 19.9 Å². The molecule has 0 saturated carbocycles. The Kier molecular flexibility index (Phi) is 12.8. The lowest BCUT2D eigenvalue weighted by molar-refractivity contribution is -0.135. The maximum Gasteiger partial charge on any atom is 0.242 e. The molecule has 2 atom stereocenters. The van der Waals surface area contributed by atoms with E-state index in [9.17, 15) is 15.0 Å². The number of benzene rings is 4. The maximum atomic E-state index is 13.7. The smallest absolute Gasteiger partial charge is 0.242 e. The molecule has 11 rings (SSSR count). The quantitative estimate of drug-likeness (QED) is 0.0787. The van der Waals surface area contributed by atoms with Crippen LogP contribution in [0.15, 0.2) is 122 Å². The minimum atomic E-state index is -0.620. The number of para-hydroxylation sites is 1. The average Bonchev–Trinajstić information content (AvgIpc) is 4.05. The van der Waals surface area contributed by atoms with Crippen LogP contribution in [0.25, 0.3) is 55.8 Å². The van der Waals surface area contributed by atoms with Crippen molar-refractivity contribution in [1.29, 1.82) is 0 Å². The van der Waals surface area contributed by atoms with E-state index in [-0.39, 0.29) is 12.5 Å². The molecule has 1 fully saturated rings. The lowest BCUT2D eigenvalue weighted by Crippen LogP contribution is -2.42. The van der Waals surface area contributed by atoms with E-state index in [2.05, 4.69) is 103 Å². The molecule has 1 amide bonds. The monoisotopic (exact) mass is 923 g/mol. The molecule has 7 heterocycles. The van der Waals surface area contributed by atoms with Gasteiger partial charge >= 0.3 is 0 Å². The fraction of sp³-hybridized carbons (Fsp3) is 0.315. The molecule has 69 heavy (non-hydrogen) atoms. The number of β-amino-alcohol motifs (C(OH)–C–C–N with tert-alkyl or cyclic N) is 2. The fourth-order valence-electron chi connectivity index (χ4n) is 10.1. The van der Waals surface area contributed by atoms with Crippen LogP contribution in [0.3, 0.4) is 0 Å². The summed E-state index contributed by atoms with van der Waals surface area (Å²) in [6, 6.07) is 35.2. The summed E-state index contributed by atoms with van der Waals surface area (Å²) in [5.74, 6) is 1.04. The van der Waals surface area contributed by atoms with E-state index in [4.69, 9.17) is 19.7 Å². The Morgan fingerprint density at radius 1 is 0.710 bits per heavy atom. The number of ether oxygens (including phenoxy) is 1. The van der Waals surface area contributed by atoms with Crippen molar-refractivity contribution in [2.24, 2.45) is 0 Å². The van der Waals surface area contributed by atoms with Crippen LogP contribution in [-0.4, -0.2) is 138 Å². The Balaban J connectivity index is 0.913. The van der Waals surface area contributed by atoms with Crippen LogP contribution < -0.4 is 10.6 Å². The van der Waals surface area contributed by atoms with Crippen molar-refractivity contribution in [2.45, 2.75) is 44.7 Å². The van der Waals surface area contributed by atoms with Crippen molar-refractivity contribution in [3.63, 3.8) is 0 Å². The van der Waals surface area contributed by atoms with Crippen LogP contribution in [0, 0.1) is 0 Å². The Hall–Kier alpha value is -7.01. The summed E-state index contributed by atoms with van der Waals surface area (Å²) in [6.45, 7) is 7.40. The van der Waals surface area contributed by atoms with Gasteiger partial charge in [-0.2, -0.15) is 0 Å². The molecule has 8 aromatic rings. The van der Waals surface area contributed by atoms with E-state index in [0.29, 0.717) is 75.5 Å². The van der Waals surface area contributed by atoms with Crippen molar-refractivity contribution in [2.75, 3.05) is 76.2 Å². The van der Waals surface area contributed by atoms with Crippen LogP contribution in [0.4, 0.5) is 11.5 Å². The molecule has 0 aliphatic carbocycles. The maximum absolute atomic E-state index is 13.7. The van der Waals surface area contributed by atoms with Crippen LogP contribution >= 0.6 is 0 Å². The van der Waals surface area contributed by atoms with Crippen molar-refractivity contribution >= 4 is 39.5 Å². The molecule has 352 valence electrons. The lowest BCUT2D eigenvalue weighted by atomic mass is 9.98. The predicted octanol–water partition coefficient (Wildman–Crippen LogP) is 6.22. The average molecular weight is 924 g/mol. The fourth-order valence-corrected chi connectivity index (χ4v) is 10.1. The lowest BCUT2D eigenvalue weighted by Gasteiger charge is -2.30. The Morgan fingerprint density at radius 3 is 2.14 bits per heavy atom. The Bertz CT molecular complexity index is 3110. The molecule has 5 N–H and O–H groups in total. The second kappa shape index (κ2) is 19.9. The second-order valence-electron chi connectivity index (χ2n) is 18.5. The van der Waals surface area contributed by atoms with E-state index in [0.717, 1.165) is 83.4 Å². The summed E-state index contributed by atoms with van der Waals surface area (Å²) in [7, 11) is 0. The summed E-state index contributed by atoms with van der Waals surface area (Å²) in [5, 5.41) is 30.4. The summed E-state index contributed by atoms with van der Waals surface area (Å²) in [6.07, 6.45) is 6.05. The number of imidazole rings is 1. The topological polar surface area (TPSA) is 173 Å². The zero-order valence-corrected chi connectivity index (χ0v) is 38.6. The third-order valence-electron chi connectivity index (χ3n) is 13.7. The number of aliphatic hydroxyl groups is 2. The molecule has 4 aromatic heterocycles. The number of nitrogens with zero attached hydrogens (tertiary/aromatic N) is 8. The van der Waals surface area contributed by atoms with Gasteiger partial charge in [-0.3, -0.25) is 14.6 Å². The van der Waals surface area contributed by atoms with Crippen LogP contribution in [0.1, 0.15) is 22.3 Å². The minimum absolute atomic E-state index is 0.00636. The van der Waals surface area contributed by atoms with Gasteiger partial charge in [0.1, 0.15) is 18.0 Å². The van der Waals surface area contributed by atoms with Crippen LogP contribution in [0.5, 0.6) is 0 Å². The van der Waals surface area contributed by atoms with Crippen LogP contribution in [-0.2, 0) is 42.0 Å². The zero-order valence-electron chi connectivity index (χ0n) is 38.6. The number of rotatable bonds is 15. The Labute approximate surface area is 400 Å². The number of fused-ring (bicyclic) bond motifs is 4. The largest absolute Gasteiger partial charge is 0.390 e. The van der Waals surface area contributed by atoms with E-state index >= 15 is 0 Å². The number of aromatic nitrogens is 6. The molecule has 1 saturated heterocycles. The van der Waals surface area contributed by atoms with Gasteiger partial charge in [0.2, 0.25) is 5.91 Å². The number of pyridine rings is 1. The van der Waals surface area contributed by atoms with Gasteiger partial charge in [0.25, 0.3) is 0 Å². The summed E-state index contributed by atoms with van der Waals surface area (Å²) >= 11 is 0. The van der Waals surface area contributed by atoms with E-state index in [1.165, 1.54) is 22.3 Å². The highest BCUT2D eigenvalue weighted by atomic mass is 16.5. The molecule has 0 radical (unpaired) electrons. The molecular weight excluding hydrogens is 867 g/mol. The summed E-state index contributed by atoms with van der Waals surface area (Å²) in [4.78, 5) is 43.3. The SMILES string of the molecule is O=C(Cn1ccc2c(-c3cc(NCC(O)CN4CCc5ccccc5C4)cc(-c4cccc5[nH]cnc45)c3)nc(-c3ccnc(NCC(O)CN4CCc5ccccc5C4)c3)nc21)N1CCOCC1. The van der Waals surface area contributed by atoms with Gasteiger partial charge < -0.3 is 40.0 Å². The molecular formula is C54H57N11O4. The molecule has 3 aliphatic rings. The van der Waals surface area contributed by atoms with Gasteiger partial charge in [-0.1, -0.05) is 60.7 Å². The standard InChI is InChI=1S/C54H57N11O4/c66-44(32-62-17-13-36-6-1-3-8-39(36)30-62)28-56-43-25-41(46-10-5-11-48-52(46)59-35-58-48)24-42(26-43)51-47-15-19-65(34-50(68)64-20-22-69-23-21-64)54(47)61-53(60-51)38-12-16-55-49(27-38)57-29-45(67)33-63-18-14-37-7-2-4-9-40(37)31-63/h1-12,15-16,19,24-27,35,44-45,56,66-67H,13-14,17-18,20-23,28-34H2,(H,55,57)(H,58,59). The van der Waals surface area contributed by atoms with Crippen molar-refractivity contribution in [1.82, 2.24) is 44.2 Å². The van der Waals surface area contributed by atoms with E-state index in [1.54, 1.807) is 12.5 Å². The highest BCUT2D eigenvalue weighted by Gasteiger charge is 2.24. The molecule has 15 nitrogen and oxygen atoms in total. The second-order valence-corrected chi connectivity index (χ2v) is 18.5. The number of nitrogens with one attached hydrogen (secondary N) is 3. The number of hydrogen-bond donors (Lipinski definition) is 5. The first kappa shape index (κ1) is 44.5. The highest BCUT2D eigenvalue weighted by molar-refractivity contribution is 5.97. The van der Waals surface area contributed by atoms with E-state index in [1.807, 2.05) is 46.0 Å². The first-order valence-electron chi connectivity index (χ1n) is 24.1.